The van der Waals surface area contributed by atoms with Crippen molar-refractivity contribution in [2.24, 2.45) is 4.99 Å². The van der Waals surface area contributed by atoms with Gasteiger partial charge in [-0.15, -0.1) is 11.8 Å². The van der Waals surface area contributed by atoms with Crippen LogP contribution >= 0.6 is 27.7 Å². The van der Waals surface area contributed by atoms with Gasteiger partial charge in [0.15, 0.2) is 0 Å². The lowest BCUT2D eigenvalue weighted by molar-refractivity contribution is 0.0600. The van der Waals surface area contributed by atoms with Crippen molar-refractivity contribution >= 4 is 40.4 Å². The molecular weight excluding hydrogens is 374 g/mol. The maximum atomic E-state index is 11.4. The van der Waals surface area contributed by atoms with Crippen molar-refractivity contribution in [1.29, 1.82) is 0 Å². The van der Waals surface area contributed by atoms with Crippen molar-refractivity contribution in [3.05, 3.63) is 81.9 Å². The van der Waals surface area contributed by atoms with Gasteiger partial charge in [0.1, 0.15) is 4.61 Å². The van der Waals surface area contributed by atoms with Gasteiger partial charge in [-0.1, -0.05) is 43.5 Å². The van der Waals surface area contributed by atoms with E-state index in [4.69, 9.17) is 0 Å². The van der Waals surface area contributed by atoms with E-state index in [-0.39, 0.29) is 5.97 Å². The van der Waals surface area contributed by atoms with Crippen LogP contribution in [0.4, 0.5) is 0 Å². The summed E-state index contributed by atoms with van der Waals surface area (Å²) < 4.78 is 5.34. The van der Waals surface area contributed by atoms with Gasteiger partial charge in [-0.25, -0.2) is 4.79 Å². The van der Waals surface area contributed by atoms with Gasteiger partial charge in [-0.05, 0) is 45.9 Å². The summed E-state index contributed by atoms with van der Waals surface area (Å²) in [4.78, 5) is 16.3. The van der Waals surface area contributed by atoms with E-state index in [0.29, 0.717) is 15.9 Å². The number of methoxy groups -OCH3 is 1. The molecule has 3 nitrogen and oxygen atoms in total. The molecule has 0 heterocycles. The lowest BCUT2D eigenvalue weighted by Crippen LogP contribution is -2.00. The van der Waals surface area contributed by atoms with Gasteiger partial charge < -0.3 is 4.74 Å². The Morgan fingerprint density at radius 2 is 2.00 bits per heavy atom. The molecule has 0 aliphatic carbocycles. The molecule has 0 N–H and O–H groups in total. The highest BCUT2D eigenvalue weighted by atomic mass is 79.9. The SMILES string of the molecule is C=C/C=C(C=C)/C(SCc1ccc(C(=O)OC)cc1)=C(\Br)N=C. The molecule has 5 heteroatoms. The number of hydrogen-bond acceptors (Lipinski definition) is 4. The van der Waals surface area contributed by atoms with Crippen LogP contribution in [0.1, 0.15) is 15.9 Å². The minimum atomic E-state index is -0.341. The first-order valence-electron chi connectivity index (χ1n) is 6.69. The number of rotatable bonds is 8. The molecule has 1 aromatic carbocycles. The smallest absolute Gasteiger partial charge is 0.337 e. The molecule has 0 saturated carbocycles. The van der Waals surface area contributed by atoms with Gasteiger partial charge in [-0.3, -0.25) is 4.99 Å². The van der Waals surface area contributed by atoms with Crippen LogP contribution in [-0.2, 0) is 10.5 Å². The van der Waals surface area contributed by atoms with Gasteiger partial charge in [0.05, 0.1) is 12.7 Å². The summed E-state index contributed by atoms with van der Waals surface area (Å²) in [5.74, 6) is 0.371. The first kappa shape index (κ1) is 19.2. The summed E-state index contributed by atoms with van der Waals surface area (Å²) in [7, 11) is 1.37. The van der Waals surface area contributed by atoms with Crippen LogP contribution in [0, 0.1) is 0 Å². The van der Waals surface area contributed by atoms with Crippen LogP contribution in [-0.4, -0.2) is 19.8 Å². The maximum Gasteiger partial charge on any atom is 0.337 e. The summed E-state index contributed by atoms with van der Waals surface area (Å²) in [5.41, 5.74) is 2.52. The zero-order valence-electron chi connectivity index (χ0n) is 12.9. The number of thioether (sulfide) groups is 1. The first-order chi connectivity index (χ1) is 11.1. The van der Waals surface area contributed by atoms with E-state index in [9.17, 15) is 4.79 Å². The average Bonchev–Trinajstić information content (AvgIpc) is 2.60. The number of benzene rings is 1. The lowest BCUT2D eigenvalue weighted by atomic mass is 10.1. The van der Waals surface area contributed by atoms with Gasteiger partial charge in [0.2, 0.25) is 0 Å². The van der Waals surface area contributed by atoms with Crippen LogP contribution in [0.5, 0.6) is 0 Å². The van der Waals surface area contributed by atoms with Crippen molar-refractivity contribution in [3.8, 4) is 0 Å². The Labute approximate surface area is 149 Å². The first-order valence-corrected chi connectivity index (χ1v) is 8.47. The number of esters is 1. The molecule has 0 saturated heterocycles. The van der Waals surface area contributed by atoms with Crippen molar-refractivity contribution in [2.75, 3.05) is 7.11 Å². The Bertz CT molecular complexity index is 660. The molecule has 0 bridgehead atoms. The minimum Gasteiger partial charge on any atom is -0.465 e. The average molecular weight is 392 g/mol. The molecular formula is C18H18BrNO2S. The van der Waals surface area contributed by atoms with Crippen molar-refractivity contribution in [2.45, 2.75) is 5.75 Å². The zero-order chi connectivity index (χ0) is 17.2. The minimum absolute atomic E-state index is 0.341. The normalized spacial score (nSPS) is 12.2. The Morgan fingerprint density at radius 3 is 2.48 bits per heavy atom. The number of carbonyl (C=O) groups is 1. The summed E-state index contributed by atoms with van der Waals surface area (Å²) in [6.45, 7) is 11.1. The number of halogens is 1. The number of allylic oxidation sites excluding steroid dienone is 4. The second kappa shape index (κ2) is 10.0. The zero-order valence-corrected chi connectivity index (χ0v) is 15.3. The summed E-state index contributed by atoms with van der Waals surface area (Å²) >= 11 is 5.01. The summed E-state index contributed by atoms with van der Waals surface area (Å²) in [5, 5.41) is 0. The van der Waals surface area contributed by atoms with E-state index in [1.165, 1.54) is 7.11 Å². The second-order valence-corrected chi connectivity index (χ2v) is 6.05. The van der Waals surface area contributed by atoms with Crippen LogP contribution < -0.4 is 0 Å². The highest BCUT2D eigenvalue weighted by Gasteiger charge is 2.09. The fourth-order valence-corrected chi connectivity index (χ4v) is 3.29. The van der Waals surface area contributed by atoms with Crippen molar-refractivity contribution in [1.82, 2.24) is 0 Å². The van der Waals surface area contributed by atoms with E-state index in [1.807, 2.05) is 18.2 Å². The monoisotopic (exact) mass is 391 g/mol. The Kier molecular flexibility index (Phi) is 8.37. The third-order valence-corrected chi connectivity index (χ3v) is 4.97. The Hall–Kier alpha value is -1.85. The molecule has 0 amide bonds. The third-order valence-electron chi connectivity index (χ3n) is 2.86. The molecule has 0 unspecified atom stereocenters. The number of aliphatic imine (C=N–C) groups is 1. The Balaban J connectivity index is 2.93. The van der Waals surface area contributed by atoms with E-state index in [0.717, 1.165) is 16.0 Å². The van der Waals surface area contributed by atoms with Crippen molar-refractivity contribution in [3.63, 3.8) is 0 Å². The Morgan fingerprint density at radius 1 is 1.35 bits per heavy atom. The molecule has 0 aliphatic heterocycles. The van der Waals surface area contributed by atoms with Crippen LogP contribution in [0.25, 0.3) is 0 Å². The predicted molar refractivity (Wildman–Crippen MR) is 103 cm³/mol. The topological polar surface area (TPSA) is 38.7 Å². The van der Waals surface area contributed by atoms with Gasteiger partial charge in [-0.2, -0.15) is 0 Å². The largest absolute Gasteiger partial charge is 0.465 e. The third kappa shape index (κ3) is 5.69. The fourth-order valence-electron chi connectivity index (χ4n) is 1.71. The summed E-state index contributed by atoms with van der Waals surface area (Å²) in [6, 6.07) is 7.30. The number of nitrogens with zero attached hydrogens (tertiary/aromatic N) is 1. The molecule has 0 aliphatic rings. The van der Waals surface area contributed by atoms with Crippen LogP contribution in [0.15, 0.2) is 75.7 Å². The van der Waals surface area contributed by atoms with Crippen molar-refractivity contribution < 1.29 is 9.53 Å². The standard InChI is InChI=1S/C18H18BrNO2S/c1-5-7-14(6-2)16(17(19)20-3)23-12-13-8-10-15(11-9-13)18(21)22-4/h5-11H,1-3,12H2,4H3/b14-7+,17-16-. The molecule has 1 aromatic rings. The number of carbonyl (C=O) groups excluding carboxylic acids is 1. The molecule has 23 heavy (non-hydrogen) atoms. The van der Waals surface area contributed by atoms with Gasteiger partial charge in [0, 0.05) is 10.7 Å². The number of ether oxygens (including phenoxy) is 1. The number of hydrogen-bond donors (Lipinski definition) is 0. The molecule has 1 rings (SSSR count). The molecule has 0 fully saturated rings. The highest BCUT2D eigenvalue weighted by molar-refractivity contribution is 9.11. The molecule has 0 atom stereocenters. The quantitative estimate of drug-likeness (QED) is 0.262. The van der Waals surface area contributed by atoms with E-state index in [2.05, 4.69) is 45.5 Å². The predicted octanol–water partition coefficient (Wildman–Crippen LogP) is 5.27. The highest BCUT2D eigenvalue weighted by Crippen LogP contribution is 2.34. The molecule has 0 aromatic heterocycles. The van der Waals surface area contributed by atoms with E-state index < -0.39 is 0 Å². The fraction of sp³-hybridized carbons (Fsp3) is 0.111. The molecule has 120 valence electrons. The molecule has 0 radical (unpaired) electrons. The second-order valence-electron chi connectivity index (χ2n) is 4.32. The van der Waals surface area contributed by atoms with Gasteiger partial charge >= 0.3 is 5.97 Å². The van der Waals surface area contributed by atoms with E-state index >= 15 is 0 Å². The molecule has 0 spiro atoms. The maximum absolute atomic E-state index is 11.4. The van der Waals surface area contributed by atoms with Gasteiger partial charge in [0.25, 0.3) is 0 Å². The van der Waals surface area contributed by atoms with Crippen LogP contribution in [0.3, 0.4) is 0 Å². The van der Waals surface area contributed by atoms with E-state index in [1.54, 1.807) is 36.0 Å². The lowest BCUT2D eigenvalue weighted by Gasteiger charge is -2.10. The summed E-state index contributed by atoms with van der Waals surface area (Å²) in [6.07, 6.45) is 5.31. The van der Waals surface area contributed by atoms with Crippen LogP contribution in [0.2, 0.25) is 0 Å².